The topological polar surface area (TPSA) is 18.5 Å². The van der Waals surface area contributed by atoms with Crippen LogP contribution in [0.15, 0.2) is 0 Å². The van der Waals surface area contributed by atoms with Crippen molar-refractivity contribution in [3.63, 3.8) is 0 Å². The maximum atomic E-state index is 5.71. The molecule has 0 aliphatic heterocycles. The fraction of sp³-hybridized carbons (Fsp3) is 1.00. The molecule has 0 amide bonds. The Bertz CT molecular complexity index is 166. The Hall–Kier alpha value is -0.0800. The van der Waals surface area contributed by atoms with E-state index in [1.807, 2.05) is 6.92 Å². The Kier molecular flexibility index (Phi) is 4.39. The van der Waals surface area contributed by atoms with Crippen LogP contribution in [0.1, 0.15) is 47.0 Å². The first-order chi connectivity index (χ1) is 6.53. The van der Waals surface area contributed by atoms with Crippen LogP contribution in [-0.2, 0) is 9.47 Å². The fourth-order valence-corrected chi connectivity index (χ4v) is 2.61. The van der Waals surface area contributed by atoms with Crippen LogP contribution in [0, 0.1) is 11.3 Å². The Balaban J connectivity index is 2.30. The standard InChI is InChI=1S/C12H24O2/c1-5-13-9-14-11-6-10(2)7-12(3,4)8-11/h10-11H,5-9H2,1-4H3/t10-,11+/m0/s1. The van der Waals surface area contributed by atoms with Crippen LogP contribution < -0.4 is 0 Å². The smallest absolute Gasteiger partial charge is 0.147 e. The van der Waals surface area contributed by atoms with Gasteiger partial charge in [-0.15, -0.1) is 0 Å². The molecule has 0 saturated heterocycles. The van der Waals surface area contributed by atoms with Crippen LogP contribution in [0.25, 0.3) is 0 Å². The van der Waals surface area contributed by atoms with Crippen molar-refractivity contribution in [3.8, 4) is 0 Å². The molecule has 0 heterocycles. The lowest BCUT2D eigenvalue weighted by molar-refractivity contribution is -0.114. The molecule has 84 valence electrons. The first-order valence-electron chi connectivity index (χ1n) is 5.73. The van der Waals surface area contributed by atoms with Gasteiger partial charge in [0.05, 0.1) is 6.10 Å². The Morgan fingerprint density at radius 2 is 2.00 bits per heavy atom. The van der Waals surface area contributed by atoms with Crippen LogP contribution in [0.3, 0.4) is 0 Å². The van der Waals surface area contributed by atoms with Gasteiger partial charge < -0.3 is 9.47 Å². The van der Waals surface area contributed by atoms with Gasteiger partial charge in [-0.05, 0) is 37.5 Å². The predicted molar refractivity (Wildman–Crippen MR) is 58.2 cm³/mol. The van der Waals surface area contributed by atoms with Crippen LogP contribution in [0.5, 0.6) is 0 Å². The molecule has 1 rings (SSSR count). The van der Waals surface area contributed by atoms with Gasteiger partial charge in [0.25, 0.3) is 0 Å². The minimum atomic E-state index is 0.403. The van der Waals surface area contributed by atoms with Gasteiger partial charge >= 0.3 is 0 Å². The third-order valence-electron chi connectivity index (χ3n) is 2.94. The molecule has 0 N–H and O–H groups in total. The zero-order valence-electron chi connectivity index (χ0n) is 10.0. The molecule has 0 aromatic carbocycles. The summed E-state index contributed by atoms with van der Waals surface area (Å²) in [6.07, 6.45) is 4.09. The molecule has 0 bridgehead atoms. The molecule has 0 aromatic heterocycles. The summed E-state index contributed by atoms with van der Waals surface area (Å²) in [4.78, 5) is 0. The van der Waals surface area contributed by atoms with E-state index in [0.717, 1.165) is 12.5 Å². The van der Waals surface area contributed by atoms with Crippen molar-refractivity contribution in [2.24, 2.45) is 11.3 Å². The number of hydrogen-bond donors (Lipinski definition) is 0. The number of rotatable bonds is 4. The number of hydrogen-bond acceptors (Lipinski definition) is 2. The normalized spacial score (nSPS) is 31.7. The zero-order chi connectivity index (χ0) is 10.6. The third-order valence-corrected chi connectivity index (χ3v) is 2.94. The second-order valence-corrected chi connectivity index (χ2v) is 5.31. The van der Waals surface area contributed by atoms with Crippen molar-refractivity contribution in [3.05, 3.63) is 0 Å². The maximum Gasteiger partial charge on any atom is 0.147 e. The van der Waals surface area contributed by atoms with E-state index < -0.39 is 0 Å². The van der Waals surface area contributed by atoms with Crippen molar-refractivity contribution in [2.75, 3.05) is 13.4 Å². The van der Waals surface area contributed by atoms with Crippen LogP contribution in [0.4, 0.5) is 0 Å². The molecular formula is C12H24O2. The van der Waals surface area contributed by atoms with Crippen LogP contribution in [0.2, 0.25) is 0 Å². The highest BCUT2D eigenvalue weighted by Gasteiger charge is 2.32. The Morgan fingerprint density at radius 3 is 2.57 bits per heavy atom. The van der Waals surface area contributed by atoms with Gasteiger partial charge in [0.1, 0.15) is 6.79 Å². The second kappa shape index (κ2) is 5.13. The fourth-order valence-electron chi connectivity index (χ4n) is 2.61. The molecule has 1 saturated carbocycles. The first-order valence-corrected chi connectivity index (χ1v) is 5.73. The minimum Gasteiger partial charge on any atom is -0.356 e. The van der Waals surface area contributed by atoms with Gasteiger partial charge in [-0.3, -0.25) is 0 Å². The van der Waals surface area contributed by atoms with E-state index in [-0.39, 0.29) is 0 Å². The molecule has 1 aliphatic carbocycles. The molecule has 1 aliphatic rings. The van der Waals surface area contributed by atoms with Crippen molar-refractivity contribution in [1.29, 1.82) is 0 Å². The summed E-state index contributed by atoms with van der Waals surface area (Å²) in [6, 6.07) is 0. The molecule has 1 fully saturated rings. The molecule has 14 heavy (non-hydrogen) atoms. The summed E-state index contributed by atoms with van der Waals surface area (Å²) >= 11 is 0. The quantitative estimate of drug-likeness (QED) is 0.512. The SMILES string of the molecule is CCOCO[C@@H]1C[C@H](C)CC(C)(C)C1. The lowest BCUT2D eigenvalue weighted by Crippen LogP contribution is -2.33. The van der Waals surface area contributed by atoms with Gasteiger partial charge in [-0.25, -0.2) is 0 Å². The highest BCUT2D eigenvalue weighted by Crippen LogP contribution is 2.39. The third kappa shape index (κ3) is 3.97. The van der Waals surface area contributed by atoms with Crippen LogP contribution in [-0.4, -0.2) is 19.5 Å². The van der Waals surface area contributed by atoms with Crippen molar-refractivity contribution in [2.45, 2.75) is 53.1 Å². The summed E-state index contributed by atoms with van der Waals surface area (Å²) in [6.45, 7) is 10.2. The Labute approximate surface area is 88.0 Å². The van der Waals surface area contributed by atoms with Gasteiger partial charge in [0.2, 0.25) is 0 Å². The minimum absolute atomic E-state index is 0.403. The van der Waals surface area contributed by atoms with Crippen LogP contribution >= 0.6 is 0 Å². The molecule has 2 nitrogen and oxygen atoms in total. The summed E-state index contributed by atoms with van der Waals surface area (Å²) in [5, 5.41) is 0. The molecule has 0 spiro atoms. The zero-order valence-corrected chi connectivity index (χ0v) is 10.0. The maximum absolute atomic E-state index is 5.71. The summed E-state index contributed by atoms with van der Waals surface area (Å²) in [5.74, 6) is 0.783. The second-order valence-electron chi connectivity index (χ2n) is 5.31. The first kappa shape index (κ1) is 12.0. The summed E-state index contributed by atoms with van der Waals surface area (Å²) in [7, 11) is 0. The van der Waals surface area contributed by atoms with E-state index in [0.29, 0.717) is 18.3 Å². The molecule has 0 radical (unpaired) electrons. The van der Waals surface area contributed by atoms with Crippen molar-refractivity contribution in [1.82, 2.24) is 0 Å². The van der Waals surface area contributed by atoms with Gasteiger partial charge in [0, 0.05) is 6.61 Å². The van der Waals surface area contributed by atoms with Gasteiger partial charge in [-0.1, -0.05) is 20.8 Å². The lowest BCUT2D eigenvalue weighted by Gasteiger charge is -2.38. The van der Waals surface area contributed by atoms with E-state index >= 15 is 0 Å². The molecule has 2 heteroatoms. The largest absolute Gasteiger partial charge is 0.356 e. The van der Waals surface area contributed by atoms with E-state index in [4.69, 9.17) is 9.47 Å². The van der Waals surface area contributed by atoms with E-state index in [9.17, 15) is 0 Å². The highest BCUT2D eigenvalue weighted by atomic mass is 16.7. The van der Waals surface area contributed by atoms with Crippen molar-refractivity contribution < 1.29 is 9.47 Å². The van der Waals surface area contributed by atoms with E-state index in [1.54, 1.807) is 0 Å². The monoisotopic (exact) mass is 200 g/mol. The van der Waals surface area contributed by atoms with E-state index in [1.165, 1.54) is 19.3 Å². The molecule has 0 unspecified atom stereocenters. The van der Waals surface area contributed by atoms with Gasteiger partial charge in [0.15, 0.2) is 0 Å². The summed E-state index contributed by atoms with van der Waals surface area (Å²) in [5.41, 5.74) is 0.439. The van der Waals surface area contributed by atoms with Crippen molar-refractivity contribution >= 4 is 0 Å². The molecular weight excluding hydrogens is 176 g/mol. The molecule has 2 atom stereocenters. The lowest BCUT2D eigenvalue weighted by atomic mass is 9.71. The Morgan fingerprint density at radius 1 is 1.29 bits per heavy atom. The predicted octanol–water partition coefficient (Wildman–Crippen LogP) is 3.21. The average Bonchev–Trinajstić information content (AvgIpc) is 2.00. The number of ether oxygens (including phenoxy) is 2. The average molecular weight is 200 g/mol. The summed E-state index contributed by atoms with van der Waals surface area (Å²) < 4.78 is 10.9. The highest BCUT2D eigenvalue weighted by molar-refractivity contribution is 4.83. The van der Waals surface area contributed by atoms with Gasteiger partial charge in [-0.2, -0.15) is 0 Å². The van der Waals surface area contributed by atoms with E-state index in [2.05, 4.69) is 20.8 Å². The molecule has 0 aromatic rings.